The van der Waals surface area contributed by atoms with Gasteiger partial charge in [0.05, 0.1) is 7.11 Å². The monoisotopic (exact) mass is 276 g/mol. The predicted molar refractivity (Wildman–Crippen MR) is 89.1 cm³/mol. The molecule has 114 valence electrons. The second-order valence-corrected chi connectivity index (χ2v) is 8.85. The normalized spacial score (nSPS) is 13.5. The maximum atomic E-state index is 5.80. The molecule has 0 radical (unpaired) electrons. The van der Waals surface area contributed by atoms with Crippen LogP contribution in [0.4, 0.5) is 0 Å². The maximum Gasteiger partial charge on any atom is 0.126 e. The fourth-order valence-electron chi connectivity index (χ4n) is 2.40. The summed E-state index contributed by atoms with van der Waals surface area (Å²) in [6.45, 7) is 20.3. The molecule has 0 aliphatic rings. The Labute approximate surface area is 125 Å². The third-order valence-electron chi connectivity index (χ3n) is 3.78. The van der Waals surface area contributed by atoms with E-state index in [0.717, 1.165) is 5.75 Å². The van der Waals surface area contributed by atoms with E-state index in [1.807, 2.05) is 0 Å². The highest BCUT2D eigenvalue weighted by atomic mass is 16.5. The van der Waals surface area contributed by atoms with Crippen molar-refractivity contribution in [3.63, 3.8) is 0 Å². The Morgan fingerprint density at radius 3 is 1.20 bits per heavy atom. The Balaban J connectivity index is 3.75. The first-order valence-electron chi connectivity index (χ1n) is 7.52. The first kappa shape index (κ1) is 17.1. The summed E-state index contributed by atoms with van der Waals surface area (Å²) in [6.07, 6.45) is 0. The van der Waals surface area contributed by atoms with Gasteiger partial charge in [0.1, 0.15) is 5.75 Å². The SMILES string of the molecule is COc1c(C(C)(C)C)cc(C(C)(C)C)cc1C(C)(C)C. The third kappa shape index (κ3) is 3.56. The van der Waals surface area contributed by atoms with Crippen molar-refractivity contribution in [2.75, 3.05) is 7.11 Å². The van der Waals surface area contributed by atoms with Crippen LogP contribution in [-0.4, -0.2) is 7.11 Å². The summed E-state index contributed by atoms with van der Waals surface area (Å²) in [5.74, 6) is 1.05. The van der Waals surface area contributed by atoms with E-state index in [1.54, 1.807) is 7.11 Å². The second-order valence-electron chi connectivity index (χ2n) is 8.85. The highest BCUT2D eigenvalue weighted by Crippen LogP contribution is 2.42. The van der Waals surface area contributed by atoms with Crippen LogP contribution in [-0.2, 0) is 16.2 Å². The van der Waals surface area contributed by atoms with Gasteiger partial charge >= 0.3 is 0 Å². The highest BCUT2D eigenvalue weighted by Gasteiger charge is 2.29. The molecule has 1 nitrogen and oxygen atoms in total. The van der Waals surface area contributed by atoms with Gasteiger partial charge in [0.15, 0.2) is 0 Å². The van der Waals surface area contributed by atoms with E-state index in [-0.39, 0.29) is 16.2 Å². The van der Waals surface area contributed by atoms with Crippen molar-refractivity contribution in [3.05, 3.63) is 28.8 Å². The molecule has 0 amide bonds. The Hall–Kier alpha value is -0.980. The number of rotatable bonds is 1. The van der Waals surface area contributed by atoms with Crippen LogP contribution < -0.4 is 4.74 Å². The van der Waals surface area contributed by atoms with Crippen molar-refractivity contribution in [3.8, 4) is 5.75 Å². The van der Waals surface area contributed by atoms with Gasteiger partial charge in [-0.2, -0.15) is 0 Å². The lowest BCUT2D eigenvalue weighted by atomic mass is 9.75. The number of ether oxygens (including phenoxy) is 1. The van der Waals surface area contributed by atoms with Crippen molar-refractivity contribution in [1.29, 1.82) is 0 Å². The largest absolute Gasteiger partial charge is 0.496 e. The van der Waals surface area contributed by atoms with Gasteiger partial charge in [0.2, 0.25) is 0 Å². The van der Waals surface area contributed by atoms with Crippen molar-refractivity contribution in [2.24, 2.45) is 0 Å². The molecule has 0 aromatic heterocycles. The van der Waals surface area contributed by atoms with Crippen LogP contribution in [0.1, 0.15) is 79.0 Å². The second kappa shape index (κ2) is 5.09. The van der Waals surface area contributed by atoms with Gasteiger partial charge in [-0.05, 0) is 21.8 Å². The minimum absolute atomic E-state index is 0.0760. The van der Waals surface area contributed by atoms with Crippen LogP contribution >= 0.6 is 0 Å². The van der Waals surface area contributed by atoms with E-state index >= 15 is 0 Å². The fourth-order valence-corrected chi connectivity index (χ4v) is 2.40. The van der Waals surface area contributed by atoms with Crippen LogP contribution in [0.25, 0.3) is 0 Å². The predicted octanol–water partition coefficient (Wildman–Crippen LogP) is 5.59. The average Bonchev–Trinajstić information content (AvgIpc) is 2.23. The van der Waals surface area contributed by atoms with Crippen molar-refractivity contribution < 1.29 is 4.74 Å². The molecule has 0 saturated heterocycles. The summed E-state index contributed by atoms with van der Waals surface area (Å²) >= 11 is 0. The van der Waals surface area contributed by atoms with E-state index in [4.69, 9.17) is 4.74 Å². The molecule has 1 heteroatoms. The first-order chi connectivity index (χ1) is 8.78. The molecule has 0 heterocycles. The summed E-state index contributed by atoms with van der Waals surface area (Å²) in [4.78, 5) is 0. The number of hydrogen-bond acceptors (Lipinski definition) is 1. The van der Waals surface area contributed by atoms with Crippen molar-refractivity contribution in [1.82, 2.24) is 0 Å². The molecule has 0 spiro atoms. The Kier molecular flexibility index (Phi) is 4.35. The molecule has 1 rings (SSSR count). The van der Waals surface area contributed by atoms with Gasteiger partial charge in [0.25, 0.3) is 0 Å². The lowest BCUT2D eigenvalue weighted by Gasteiger charge is -2.32. The Bertz CT molecular complexity index is 441. The molecule has 0 fully saturated rings. The van der Waals surface area contributed by atoms with E-state index < -0.39 is 0 Å². The smallest absolute Gasteiger partial charge is 0.126 e. The summed E-state index contributed by atoms with van der Waals surface area (Å²) in [5, 5.41) is 0. The van der Waals surface area contributed by atoms with E-state index in [2.05, 4.69) is 74.4 Å². The van der Waals surface area contributed by atoms with Crippen LogP contribution in [0.15, 0.2) is 12.1 Å². The highest BCUT2D eigenvalue weighted by molar-refractivity contribution is 5.52. The molecular formula is C19H32O. The lowest BCUT2D eigenvalue weighted by molar-refractivity contribution is 0.380. The minimum atomic E-state index is 0.0760. The van der Waals surface area contributed by atoms with Crippen LogP contribution in [0, 0.1) is 0 Å². The molecule has 20 heavy (non-hydrogen) atoms. The topological polar surface area (TPSA) is 9.23 Å². The molecule has 0 bridgehead atoms. The summed E-state index contributed by atoms with van der Waals surface area (Å²) in [7, 11) is 1.79. The minimum Gasteiger partial charge on any atom is -0.496 e. The summed E-state index contributed by atoms with van der Waals surface area (Å²) in [5.41, 5.74) is 4.29. The summed E-state index contributed by atoms with van der Waals surface area (Å²) in [6, 6.07) is 4.65. The average molecular weight is 276 g/mol. The van der Waals surface area contributed by atoms with Gasteiger partial charge in [-0.15, -0.1) is 0 Å². The molecule has 0 aliphatic carbocycles. The van der Waals surface area contributed by atoms with E-state index in [1.165, 1.54) is 16.7 Å². The molecule has 0 saturated carbocycles. The maximum absolute atomic E-state index is 5.80. The number of methoxy groups -OCH3 is 1. The number of hydrogen-bond donors (Lipinski definition) is 0. The van der Waals surface area contributed by atoms with Gasteiger partial charge in [-0.25, -0.2) is 0 Å². The van der Waals surface area contributed by atoms with Crippen molar-refractivity contribution >= 4 is 0 Å². The van der Waals surface area contributed by atoms with Crippen molar-refractivity contribution in [2.45, 2.75) is 78.6 Å². The third-order valence-corrected chi connectivity index (χ3v) is 3.78. The molecule has 0 aliphatic heterocycles. The van der Waals surface area contributed by atoms with Crippen LogP contribution in [0.3, 0.4) is 0 Å². The molecule has 1 aromatic rings. The molecule has 0 atom stereocenters. The molecule has 0 unspecified atom stereocenters. The Morgan fingerprint density at radius 1 is 0.650 bits per heavy atom. The lowest BCUT2D eigenvalue weighted by Crippen LogP contribution is -2.22. The van der Waals surface area contributed by atoms with E-state index in [9.17, 15) is 0 Å². The van der Waals surface area contributed by atoms with Crippen LogP contribution in [0.2, 0.25) is 0 Å². The molecular weight excluding hydrogens is 244 g/mol. The zero-order chi connectivity index (χ0) is 15.9. The fraction of sp³-hybridized carbons (Fsp3) is 0.684. The molecule has 1 aromatic carbocycles. The number of benzene rings is 1. The Morgan fingerprint density at radius 2 is 1.00 bits per heavy atom. The first-order valence-corrected chi connectivity index (χ1v) is 7.52. The van der Waals surface area contributed by atoms with Gasteiger partial charge in [-0.3, -0.25) is 0 Å². The van der Waals surface area contributed by atoms with E-state index in [0.29, 0.717) is 0 Å². The quantitative estimate of drug-likeness (QED) is 0.650. The summed E-state index contributed by atoms with van der Waals surface area (Å²) < 4.78 is 5.80. The molecule has 0 N–H and O–H groups in total. The van der Waals surface area contributed by atoms with Gasteiger partial charge in [0, 0.05) is 11.1 Å². The van der Waals surface area contributed by atoms with Crippen LogP contribution in [0.5, 0.6) is 5.75 Å². The standard InChI is InChI=1S/C19H32O/c1-17(2,3)13-11-14(18(4,5)6)16(20-10)15(12-13)19(7,8)9/h11-12H,1-10H3. The van der Waals surface area contributed by atoms with Gasteiger partial charge in [-0.1, -0.05) is 74.4 Å². The zero-order valence-electron chi connectivity index (χ0n) is 15.1. The zero-order valence-corrected chi connectivity index (χ0v) is 15.1. The van der Waals surface area contributed by atoms with Gasteiger partial charge < -0.3 is 4.74 Å².